The van der Waals surface area contributed by atoms with Crippen LogP contribution in [0, 0.1) is 0 Å². The van der Waals surface area contributed by atoms with Crippen LogP contribution in [0.4, 0.5) is 0 Å². The second kappa shape index (κ2) is 12.5. The lowest BCUT2D eigenvalue weighted by atomic mass is 10.1. The fraction of sp³-hybridized carbons (Fsp3) is 0.900. The lowest BCUT2D eigenvalue weighted by molar-refractivity contribution is -0.120. The molecule has 116 valence electrons. The van der Waals surface area contributed by atoms with Crippen molar-refractivity contribution in [2.24, 2.45) is 5.73 Å². The maximum absolute atomic E-state index is 10.7. The molecule has 19 heavy (non-hydrogen) atoms. The number of nitrogens with two attached hydrogens (primary N) is 1. The molecule has 0 saturated heterocycles. The van der Waals surface area contributed by atoms with Crippen molar-refractivity contribution < 1.29 is 29.1 Å². The lowest BCUT2D eigenvalue weighted by Gasteiger charge is -2.11. The van der Waals surface area contributed by atoms with E-state index in [1.807, 2.05) is 0 Å². The maximum Gasteiger partial charge on any atom is 0.466 e. The highest BCUT2D eigenvalue weighted by molar-refractivity contribution is 7.45. The number of carbonyl (C=O) groups is 1. The number of hydrogen-bond donors (Lipinski definition) is 6. The minimum absolute atomic E-state index is 0.218. The van der Waals surface area contributed by atoms with Gasteiger partial charge in [-0.1, -0.05) is 32.6 Å². The van der Waals surface area contributed by atoms with Crippen molar-refractivity contribution in [1.29, 1.82) is 0 Å². The zero-order chi connectivity index (χ0) is 15.3. The van der Waals surface area contributed by atoms with Gasteiger partial charge in [0.05, 0.1) is 6.61 Å². The van der Waals surface area contributed by atoms with Gasteiger partial charge in [-0.15, -0.1) is 0 Å². The Balaban J connectivity index is 0. The molecule has 9 heteroatoms. The van der Waals surface area contributed by atoms with Gasteiger partial charge in [0.25, 0.3) is 0 Å². The SMILES string of the molecule is CCCCCCCNC(CO)C(N)=O.O=P(O)(O)O. The molecule has 0 aromatic carbocycles. The highest BCUT2D eigenvalue weighted by Gasteiger charge is 2.11. The molecule has 0 saturated carbocycles. The van der Waals surface area contributed by atoms with Crippen LogP contribution in [0.2, 0.25) is 0 Å². The van der Waals surface area contributed by atoms with E-state index in [0.29, 0.717) is 0 Å². The number of phosphoric acid groups is 1. The molecule has 0 aromatic rings. The Labute approximate surface area is 113 Å². The van der Waals surface area contributed by atoms with Gasteiger partial charge in [-0.3, -0.25) is 4.79 Å². The van der Waals surface area contributed by atoms with Crippen LogP contribution >= 0.6 is 7.82 Å². The van der Waals surface area contributed by atoms with Gasteiger partial charge in [0.2, 0.25) is 5.91 Å². The molecule has 0 heterocycles. The van der Waals surface area contributed by atoms with Crippen molar-refractivity contribution in [3.63, 3.8) is 0 Å². The summed E-state index contributed by atoms with van der Waals surface area (Å²) < 4.78 is 8.88. The molecule has 0 spiro atoms. The highest BCUT2D eigenvalue weighted by Crippen LogP contribution is 2.25. The van der Waals surface area contributed by atoms with Gasteiger partial charge >= 0.3 is 7.82 Å². The third kappa shape index (κ3) is 23.1. The van der Waals surface area contributed by atoms with E-state index in [-0.39, 0.29) is 6.61 Å². The number of hydrogen-bond acceptors (Lipinski definition) is 4. The van der Waals surface area contributed by atoms with Crippen LogP contribution in [0.5, 0.6) is 0 Å². The minimum atomic E-state index is -4.64. The fourth-order valence-corrected chi connectivity index (χ4v) is 1.26. The molecule has 7 N–H and O–H groups in total. The van der Waals surface area contributed by atoms with E-state index in [2.05, 4.69) is 12.2 Å². The smallest absolute Gasteiger partial charge is 0.394 e. The fourth-order valence-electron chi connectivity index (χ4n) is 1.26. The van der Waals surface area contributed by atoms with Gasteiger partial charge in [0.15, 0.2) is 0 Å². The van der Waals surface area contributed by atoms with E-state index >= 15 is 0 Å². The Morgan fingerprint density at radius 2 is 1.68 bits per heavy atom. The number of primary amides is 1. The molecule has 1 unspecified atom stereocenters. The van der Waals surface area contributed by atoms with Gasteiger partial charge in [0.1, 0.15) is 6.04 Å². The monoisotopic (exact) mass is 300 g/mol. The van der Waals surface area contributed by atoms with Gasteiger partial charge < -0.3 is 30.8 Å². The van der Waals surface area contributed by atoms with Crippen LogP contribution in [0.1, 0.15) is 39.0 Å². The largest absolute Gasteiger partial charge is 0.466 e. The van der Waals surface area contributed by atoms with Gasteiger partial charge in [-0.05, 0) is 13.0 Å². The molecule has 0 fully saturated rings. The summed E-state index contributed by atoms with van der Waals surface area (Å²) in [5.41, 5.74) is 5.05. The summed E-state index contributed by atoms with van der Waals surface area (Å²) >= 11 is 0. The third-order valence-electron chi connectivity index (χ3n) is 2.20. The quantitative estimate of drug-likeness (QED) is 0.247. The summed E-state index contributed by atoms with van der Waals surface area (Å²) in [4.78, 5) is 32.3. The summed E-state index contributed by atoms with van der Waals surface area (Å²) in [7, 11) is -4.64. The number of amides is 1. The number of nitrogens with one attached hydrogen (secondary N) is 1. The first kappa shape index (κ1) is 20.8. The minimum Gasteiger partial charge on any atom is -0.394 e. The van der Waals surface area contributed by atoms with E-state index in [9.17, 15) is 4.79 Å². The van der Waals surface area contributed by atoms with Crippen LogP contribution in [0.3, 0.4) is 0 Å². The molecule has 0 bridgehead atoms. The van der Waals surface area contributed by atoms with Gasteiger partial charge in [0, 0.05) is 0 Å². The normalized spacial score (nSPS) is 12.5. The summed E-state index contributed by atoms with van der Waals surface area (Å²) in [6.07, 6.45) is 5.92. The van der Waals surface area contributed by atoms with Gasteiger partial charge in [-0.25, -0.2) is 4.57 Å². The number of aliphatic hydroxyl groups is 1. The predicted octanol–water partition coefficient (Wildman–Crippen LogP) is -0.536. The standard InChI is InChI=1S/C10H22N2O2.H3O4P/c1-2-3-4-5-6-7-12-9(8-13)10(11)14;1-5(2,3)4/h9,12-13H,2-8H2,1H3,(H2,11,14);(H3,1,2,3,4). The van der Waals surface area contributed by atoms with Crippen LogP contribution in [-0.4, -0.2) is 44.9 Å². The average Bonchev–Trinajstić information content (AvgIpc) is 2.25. The van der Waals surface area contributed by atoms with Crippen LogP contribution in [-0.2, 0) is 9.36 Å². The first-order chi connectivity index (χ1) is 8.72. The second-order valence-corrected chi connectivity index (χ2v) is 5.05. The van der Waals surface area contributed by atoms with Crippen molar-refractivity contribution in [3.8, 4) is 0 Å². The summed E-state index contributed by atoms with van der Waals surface area (Å²) in [6, 6.07) is -0.582. The Bertz CT molecular complexity index is 262. The molecule has 0 aromatic heterocycles. The Morgan fingerprint density at radius 3 is 2.05 bits per heavy atom. The molecule has 0 aliphatic heterocycles. The first-order valence-corrected chi connectivity index (χ1v) is 7.70. The molecule has 1 atom stereocenters. The van der Waals surface area contributed by atoms with Crippen LogP contribution in [0.25, 0.3) is 0 Å². The number of aliphatic hydroxyl groups excluding tert-OH is 1. The number of unbranched alkanes of at least 4 members (excludes halogenated alkanes) is 4. The Morgan fingerprint density at radius 1 is 1.21 bits per heavy atom. The van der Waals surface area contributed by atoms with Crippen molar-refractivity contribution in [1.82, 2.24) is 5.32 Å². The number of rotatable bonds is 9. The van der Waals surface area contributed by atoms with E-state index in [4.69, 9.17) is 30.1 Å². The van der Waals surface area contributed by atoms with E-state index < -0.39 is 19.8 Å². The molecule has 0 rings (SSSR count). The Hall–Kier alpha value is -0.500. The summed E-state index contributed by atoms with van der Waals surface area (Å²) in [5.74, 6) is -0.485. The molecule has 0 aliphatic carbocycles. The van der Waals surface area contributed by atoms with Crippen molar-refractivity contribution in [2.75, 3.05) is 13.2 Å². The van der Waals surface area contributed by atoms with Crippen molar-refractivity contribution in [2.45, 2.75) is 45.1 Å². The predicted molar refractivity (Wildman–Crippen MR) is 71.1 cm³/mol. The molecular formula is C10H25N2O6P. The summed E-state index contributed by atoms with van der Waals surface area (Å²) in [5, 5.41) is 11.7. The van der Waals surface area contributed by atoms with E-state index in [1.54, 1.807) is 0 Å². The van der Waals surface area contributed by atoms with E-state index in [0.717, 1.165) is 19.4 Å². The topological polar surface area (TPSA) is 153 Å². The number of carbonyl (C=O) groups excluding carboxylic acids is 1. The first-order valence-electron chi connectivity index (χ1n) is 6.14. The van der Waals surface area contributed by atoms with Crippen LogP contribution < -0.4 is 11.1 Å². The van der Waals surface area contributed by atoms with E-state index in [1.165, 1.54) is 19.3 Å². The van der Waals surface area contributed by atoms with Crippen molar-refractivity contribution >= 4 is 13.7 Å². The second-order valence-electron chi connectivity index (χ2n) is 4.02. The molecule has 0 aliphatic rings. The molecule has 8 nitrogen and oxygen atoms in total. The zero-order valence-corrected chi connectivity index (χ0v) is 12.1. The lowest BCUT2D eigenvalue weighted by Crippen LogP contribution is -2.44. The molecular weight excluding hydrogens is 275 g/mol. The summed E-state index contributed by atoms with van der Waals surface area (Å²) in [6.45, 7) is 2.70. The zero-order valence-electron chi connectivity index (χ0n) is 11.2. The van der Waals surface area contributed by atoms with Crippen molar-refractivity contribution in [3.05, 3.63) is 0 Å². The van der Waals surface area contributed by atoms with Crippen LogP contribution in [0.15, 0.2) is 0 Å². The highest BCUT2D eigenvalue weighted by atomic mass is 31.2. The maximum atomic E-state index is 10.7. The van der Waals surface area contributed by atoms with Gasteiger partial charge in [-0.2, -0.15) is 0 Å². The Kier molecular flexibility index (Phi) is 13.7. The molecule has 1 amide bonds. The third-order valence-corrected chi connectivity index (χ3v) is 2.20. The molecule has 0 radical (unpaired) electrons. The average molecular weight is 300 g/mol.